The maximum Gasteiger partial charge on any atom is 0.212 e. The van der Waals surface area contributed by atoms with Gasteiger partial charge in [-0.05, 0) is 12.0 Å². The second kappa shape index (κ2) is 6.30. The Morgan fingerprint density at radius 3 is 2.94 bits per heavy atom. The van der Waals surface area contributed by atoms with Crippen LogP contribution in [-0.4, -0.2) is 21.5 Å². The van der Waals surface area contributed by atoms with Crippen molar-refractivity contribution < 1.29 is 4.74 Å². The number of aryl methyl sites for hydroxylation is 1. The highest BCUT2D eigenvalue weighted by atomic mass is 32.1. The summed E-state index contributed by atoms with van der Waals surface area (Å²) in [4.78, 5) is 8.55. The lowest BCUT2D eigenvalue weighted by Gasteiger charge is -2.03. The van der Waals surface area contributed by atoms with Gasteiger partial charge in [0.2, 0.25) is 11.0 Å². The van der Waals surface area contributed by atoms with E-state index in [1.165, 1.54) is 11.5 Å². The quantitative estimate of drug-likeness (QED) is 0.868. The number of nitrogens with zero attached hydrogens (tertiary/aromatic N) is 3. The molecule has 18 heavy (non-hydrogen) atoms. The minimum absolute atomic E-state index is 0.625. The van der Waals surface area contributed by atoms with Crippen molar-refractivity contribution >= 4 is 16.7 Å². The fraction of sp³-hybridized carbons (Fsp3) is 0.417. The van der Waals surface area contributed by atoms with Crippen molar-refractivity contribution in [2.45, 2.75) is 26.3 Å². The van der Waals surface area contributed by atoms with Crippen LogP contribution in [0, 0.1) is 0 Å². The fourth-order valence-electron chi connectivity index (χ4n) is 1.46. The molecule has 96 valence electrons. The van der Waals surface area contributed by atoms with Crippen LogP contribution in [0.1, 0.15) is 24.7 Å². The normalized spacial score (nSPS) is 10.3. The van der Waals surface area contributed by atoms with Gasteiger partial charge < -0.3 is 10.1 Å². The molecule has 6 heteroatoms. The Balaban J connectivity index is 1.89. The van der Waals surface area contributed by atoms with Crippen molar-refractivity contribution in [2.24, 2.45) is 0 Å². The second-order valence-electron chi connectivity index (χ2n) is 3.83. The summed E-state index contributed by atoms with van der Waals surface area (Å²) in [7, 11) is 1.61. The molecule has 2 aromatic heterocycles. The van der Waals surface area contributed by atoms with Gasteiger partial charge in [0.15, 0.2) is 0 Å². The predicted octanol–water partition coefficient (Wildman–Crippen LogP) is 2.51. The first-order chi connectivity index (χ1) is 8.81. The number of hydrogen-bond donors (Lipinski definition) is 1. The molecule has 0 radical (unpaired) electrons. The van der Waals surface area contributed by atoms with Crippen LogP contribution in [0.15, 0.2) is 18.3 Å². The molecule has 0 aromatic carbocycles. The molecule has 1 N–H and O–H groups in total. The summed E-state index contributed by atoms with van der Waals surface area (Å²) >= 11 is 1.40. The van der Waals surface area contributed by atoms with Crippen molar-refractivity contribution in [1.82, 2.24) is 14.3 Å². The summed E-state index contributed by atoms with van der Waals surface area (Å²) in [6, 6.07) is 3.83. The highest BCUT2D eigenvalue weighted by molar-refractivity contribution is 7.09. The number of rotatable bonds is 6. The molecule has 0 aliphatic heterocycles. The molecule has 2 rings (SSSR count). The van der Waals surface area contributed by atoms with Gasteiger partial charge in [-0.25, -0.2) is 9.97 Å². The Morgan fingerprint density at radius 1 is 1.39 bits per heavy atom. The zero-order valence-electron chi connectivity index (χ0n) is 10.5. The Labute approximate surface area is 110 Å². The molecule has 0 aliphatic rings. The molecule has 0 fully saturated rings. The highest BCUT2D eigenvalue weighted by Crippen LogP contribution is 2.14. The number of anilines is 1. The topological polar surface area (TPSA) is 59.9 Å². The fourth-order valence-corrected chi connectivity index (χ4v) is 2.07. The number of pyridine rings is 1. The van der Waals surface area contributed by atoms with Crippen LogP contribution in [0.5, 0.6) is 5.88 Å². The second-order valence-corrected chi connectivity index (χ2v) is 4.58. The van der Waals surface area contributed by atoms with Gasteiger partial charge in [0, 0.05) is 36.8 Å². The van der Waals surface area contributed by atoms with E-state index in [-0.39, 0.29) is 0 Å². The van der Waals surface area contributed by atoms with E-state index in [4.69, 9.17) is 4.74 Å². The SMILES string of the molecule is CCCc1nsc(NCc2ccc(OC)nc2)n1. The van der Waals surface area contributed by atoms with Crippen molar-refractivity contribution in [1.29, 1.82) is 0 Å². The smallest absolute Gasteiger partial charge is 0.212 e. The summed E-state index contributed by atoms with van der Waals surface area (Å²) in [5.74, 6) is 1.54. The van der Waals surface area contributed by atoms with E-state index < -0.39 is 0 Å². The van der Waals surface area contributed by atoms with E-state index in [9.17, 15) is 0 Å². The predicted molar refractivity (Wildman–Crippen MR) is 72.0 cm³/mol. The Kier molecular flexibility index (Phi) is 4.46. The van der Waals surface area contributed by atoms with E-state index in [0.29, 0.717) is 12.4 Å². The van der Waals surface area contributed by atoms with E-state index >= 15 is 0 Å². The third-order valence-electron chi connectivity index (χ3n) is 2.39. The van der Waals surface area contributed by atoms with Gasteiger partial charge in [0.1, 0.15) is 5.82 Å². The van der Waals surface area contributed by atoms with Crippen molar-refractivity contribution in [2.75, 3.05) is 12.4 Å². The summed E-state index contributed by atoms with van der Waals surface area (Å²) in [6.45, 7) is 2.81. The molecule has 5 nitrogen and oxygen atoms in total. The molecule has 0 aliphatic carbocycles. The van der Waals surface area contributed by atoms with Crippen LogP contribution < -0.4 is 10.1 Å². The highest BCUT2D eigenvalue weighted by Gasteiger charge is 2.03. The molecule has 0 spiro atoms. The first kappa shape index (κ1) is 12.8. The van der Waals surface area contributed by atoms with E-state index in [1.54, 1.807) is 13.3 Å². The minimum Gasteiger partial charge on any atom is -0.481 e. The molecule has 0 atom stereocenters. The lowest BCUT2D eigenvalue weighted by atomic mass is 10.3. The molecule has 2 aromatic rings. The maximum absolute atomic E-state index is 5.01. The van der Waals surface area contributed by atoms with Gasteiger partial charge in [-0.15, -0.1) is 0 Å². The average Bonchev–Trinajstić information content (AvgIpc) is 2.85. The number of methoxy groups -OCH3 is 1. The van der Waals surface area contributed by atoms with Crippen LogP contribution in [0.3, 0.4) is 0 Å². The van der Waals surface area contributed by atoms with Gasteiger partial charge in [-0.2, -0.15) is 4.37 Å². The summed E-state index contributed by atoms with van der Waals surface area (Å²) in [6.07, 6.45) is 3.79. The van der Waals surface area contributed by atoms with Crippen LogP contribution in [0.25, 0.3) is 0 Å². The van der Waals surface area contributed by atoms with Crippen LogP contribution in [-0.2, 0) is 13.0 Å². The first-order valence-corrected chi connectivity index (χ1v) is 6.64. The van der Waals surface area contributed by atoms with Gasteiger partial charge >= 0.3 is 0 Å². The number of aromatic nitrogens is 3. The lowest BCUT2D eigenvalue weighted by molar-refractivity contribution is 0.397. The average molecular weight is 264 g/mol. The summed E-state index contributed by atoms with van der Waals surface area (Å²) in [5.41, 5.74) is 1.09. The van der Waals surface area contributed by atoms with Crippen molar-refractivity contribution in [3.05, 3.63) is 29.7 Å². The molecule has 0 unspecified atom stereocenters. The van der Waals surface area contributed by atoms with Gasteiger partial charge in [-0.3, -0.25) is 0 Å². The van der Waals surface area contributed by atoms with Crippen molar-refractivity contribution in [3.63, 3.8) is 0 Å². The maximum atomic E-state index is 5.01. The Hall–Kier alpha value is -1.69. The van der Waals surface area contributed by atoms with E-state index in [2.05, 4.69) is 26.6 Å². The van der Waals surface area contributed by atoms with E-state index in [0.717, 1.165) is 29.4 Å². The van der Waals surface area contributed by atoms with Crippen LogP contribution in [0.2, 0.25) is 0 Å². The van der Waals surface area contributed by atoms with E-state index in [1.807, 2.05) is 12.1 Å². The zero-order valence-corrected chi connectivity index (χ0v) is 11.3. The minimum atomic E-state index is 0.625. The third kappa shape index (κ3) is 3.40. The number of nitrogens with one attached hydrogen (secondary N) is 1. The molecular weight excluding hydrogens is 248 g/mol. The Morgan fingerprint density at radius 2 is 2.28 bits per heavy atom. The molecule has 0 saturated heterocycles. The number of hydrogen-bond acceptors (Lipinski definition) is 6. The summed E-state index contributed by atoms with van der Waals surface area (Å²) < 4.78 is 9.29. The largest absolute Gasteiger partial charge is 0.481 e. The molecule has 2 heterocycles. The standard InChI is InChI=1S/C12H16N4OS/c1-3-4-10-15-12(18-16-10)14-8-9-5-6-11(17-2)13-7-9/h5-7H,3-4,8H2,1-2H3,(H,14,15,16). The number of ether oxygens (including phenoxy) is 1. The molecular formula is C12H16N4OS. The van der Waals surface area contributed by atoms with Crippen LogP contribution in [0.4, 0.5) is 5.13 Å². The van der Waals surface area contributed by atoms with Gasteiger partial charge in [-0.1, -0.05) is 13.0 Å². The first-order valence-electron chi connectivity index (χ1n) is 5.87. The monoisotopic (exact) mass is 264 g/mol. The molecule has 0 saturated carbocycles. The van der Waals surface area contributed by atoms with Gasteiger partial charge in [0.05, 0.1) is 7.11 Å². The zero-order chi connectivity index (χ0) is 12.8. The third-order valence-corrected chi connectivity index (χ3v) is 3.10. The Bertz CT molecular complexity index is 483. The molecule has 0 bridgehead atoms. The van der Waals surface area contributed by atoms with Gasteiger partial charge in [0.25, 0.3) is 0 Å². The molecule has 0 amide bonds. The summed E-state index contributed by atoms with van der Waals surface area (Å²) in [5, 5.41) is 4.10. The lowest BCUT2D eigenvalue weighted by Crippen LogP contribution is -2.00. The van der Waals surface area contributed by atoms with Crippen molar-refractivity contribution in [3.8, 4) is 5.88 Å². The van der Waals surface area contributed by atoms with Crippen LogP contribution >= 0.6 is 11.5 Å².